The van der Waals surface area contributed by atoms with Crippen molar-refractivity contribution in [2.45, 2.75) is 13.3 Å². The number of benzene rings is 2. The Labute approximate surface area is 145 Å². The number of para-hydroxylation sites is 1. The van der Waals surface area contributed by atoms with Crippen LogP contribution in [0.3, 0.4) is 0 Å². The van der Waals surface area contributed by atoms with E-state index in [-0.39, 0.29) is 12.5 Å². The van der Waals surface area contributed by atoms with Crippen molar-refractivity contribution in [3.63, 3.8) is 0 Å². The Morgan fingerprint density at radius 1 is 1.12 bits per heavy atom. The van der Waals surface area contributed by atoms with Gasteiger partial charge >= 0.3 is 0 Å². The lowest BCUT2D eigenvalue weighted by atomic mass is 10.1. The van der Waals surface area contributed by atoms with Gasteiger partial charge in [0.15, 0.2) is 11.7 Å². The van der Waals surface area contributed by atoms with Gasteiger partial charge < -0.3 is 4.74 Å². The molecule has 3 rings (SSSR count). The fraction of sp³-hybridized carbons (Fsp3) is 0.158. The molecule has 0 radical (unpaired) electrons. The fourth-order valence-corrected chi connectivity index (χ4v) is 3.12. The fourth-order valence-electron chi connectivity index (χ4n) is 2.26. The Morgan fingerprint density at radius 2 is 1.88 bits per heavy atom. The molecule has 1 N–H and O–H groups in total. The van der Waals surface area contributed by atoms with E-state index < -0.39 is 0 Å². The highest BCUT2D eigenvalue weighted by Gasteiger charge is 2.09. The van der Waals surface area contributed by atoms with Crippen molar-refractivity contribution in [2.75, 3.05) is 11.9 Å². The predicted molar refractivity (Wildman–Crippen MR) is 96.7 cm³/mol. The second-order valence-electron chi connectivity index (χ2n) is 5.40. The second-order valence-corrected chi connectivity index (χ2v) is 6.51. The molecule has 0 aliphatic carbocycles. The minimum Gasteiger partial charge on any atom is -0.483 e. The lowest BCUT2D eigenvalue weighted by Gasteiger charge is -2.07. The number of hydrogen-bond acceptors (Lipinski definition) is 4. The minimum absolute atomic E-state index is 0.0293. The van der Waals surface area contributed by atoms with E-state index in [2.05, 4.69) is 22.4 Å². The standard InChI is InChI=1S/C19H18N2O2S/c1-14-7-5-6-10-17(14)23-13-18(22)21-19-20-12-16(24-19)11-15-8-3-2-4-9-15/h2-10,12H,11,13H2,1H3,(H,20,21,22). The van der Waals surface area contributed by atoms with E-state index in [4.69, 9.17) is 4.74 Å². The predicted octanol–water partition coefficient (Wildman–Crippen LogP) is 4.06. The van der Waals surface area contributed by atoms with E-state index in [1.54, 1.807) is 6.20 Å². The molecule has 4 nitrogen and oxygen atoms in total. The quantitative estimate of drug-likeness (QED) is 0.737. The summed E-state index contributed by atoms with van der Waals surface area (Å²) in [7, 11) is 0. The van der Waals surface area contributed by atoms with Gasteiger partial charge in [-0.25, -0.2) is 4.98 Å². The lowest BCUT2D eigenvalue weighted by Crippen LogP contribution is -2.20. The smallest absolute Gasteiger partial charge is 0.264 e. The van der Waals surface area contributed by atoms with E-state index in [9.17, 15) is 4.79 Å². The monoisotopic (exact) mass is 338 g/mol. The molecule has 0 fully saturated rings. The Morgan fingerprint density at radius 3 is 2.67 bits per heavy atom. The molecule has 1 aromatic heterocycles. The highest BCUT2D eigenvalue weighted by molar-refractivity contribution is 7.15. The number of ether oxygens (including phenoxy) is 1. The number of amides is 1. The summed E-state index contributed by atoms with van der Waals surface area (Å²) in [5.74, 6) is 0.510. The first-order valence-corrected chi connectivity index (χ1v) is 8.49. The summed E-state index contributed by atoms with van der Waals surface area (Å²) >= 11 is 1.48. The zero-order chi connectivity index (χ0) is 16.8. The maximum absolute atomic E-state index is 12.0. The van der Waals surface area contributed by atoms with Crippen molar-refractivity contribution in [1.29, 1.82) is 0 Å². The number of thiazole rings is 1. The molecule has 1 heterocycles. The maximum Gasteiger partial charge on any atom is 0.264 e. The number of aryl methyl sites for hydroxylation is 1. The summed E-state index contributed by atoms with van der Waals surface area (Å²) in [6.45, 7) is 1.92. The summed E-state index contributed by atoms with van der Waals surface area (Å²) in [5.41, 5.74) is 2.23. The number of nitrogens with zero attached hydrogens (tertiary/aromatic N) is 1. The Hall–Kier alpha value is -2.66. The molecular formula is C19H18N2O2S. The maximum atomic E-state index is 12.0. The minimum atomic E-state index is -0.209. The van der Waals surface area contributed by atoms with Crippen LogP contribution in [0.4, 0.5) is 5.13 Å². The van der Waals surface area contributed by atoms with Gasteiger partial charge in [0.05, 0.1) is 0 Å². The summed E-state index contributed by atoms with van der Waals surface area (Å²) in [5, 5.41) is 3.38. The van der Waals surface area contributed by atoms with Gasteiger partial charge in [-0.1, -0.05) is 48.5 Å². The van der Waals surface area contributed by atoms with Crippen LogP contribution in [0.5, 0.6) is 5.75 Å². The molecule has 0 aliphatic rings. The molecule has 2 aromatic carbocycles. The molecule has 122 valence electrons. The lowest BCUT2D eigenvalue weighted by molar-refractivity contribution is -0.118. The summed E-state index contributed by atoms with van der Waals surface area (Å²) in [6, 6.07) is 17.8. The number of rotatable bonds is 6. The van der Waals surface area contributed by atoms with E-state index in [0.717, 1.165) is 22.6 Å². The molecule has 0 unspecified atom stereocenters. The highest BCUT2D eigenvalue weighted by Crippen LogP contribution is 2.21. The van der Waals surface area contributed by atoms with Gasteiger partial charge in [-0.15, -0.1) is 11.3 Å². The van der Waals surface area contributed by atoms with Crippen LogP contribution in [-0.4, -0.2) is 17.5 Å². The van der Waals surface area contributed by atoms with Gasteiger partial charge in [0, 0.05) is 17.5 Å². The van der Waals surface area contributed by atoms with Crippen molar-refractivity contribution in [2.24, 2.45) is 0 Å². The number of aromatic nitrogens is 1. The number of carbonyl (C=O) groups excluding carboxylic acids is 1. The molecule has 0 spiro atoms. The summed E-state index contributed by atoms with van der Waals surface area (Å²) < 4.78 is 5.54. The summed E-state index contributed by atoms with van der Waals surface area (Å²) in [4.78, 5) is 17.4. The summed E-state index contributed by atoms with van der Waals surface area (Å²) in [6.07, 6.45) is 2.61. The molecular weight excluding hydrogens is 320 g/mol. The van der Waals surface area contributed by atoms with Crippen LogP contribution in [0.1, 0.15) is 16.0 Å². The molecule has 0 saturated carbocycles. The Bertz CT molecular complexity index is 815. The van der Waals surface area contributed by atoms with E-state index in [0.29, 0.717) is 5.13 Å². The number of nitrogens with one attached hydrogen (secondary N) is 1. The Kier molecular flexibility index (Phi) is 5.23. The SMILES string of the molecule is Cc1ccccc1OCC(=O)Nc1ncc(Cc2ccccc2)s1. The first-order chi connectivity index (χ1) is 11.7. The van der Waals surface area contributed by atoms with Crippen LogP contribution in [-0.2, 0) is 11.2 Å². The molecule has 3 aromatic rings. The number of carbonyl (C=O) groups is 1. The third kappa shape index (κ3) is 4.43. The molecule has 0 aliphatic heterocycles. The van der Waals surface area contributed by atoms with Gasteiger partial charge in [-0.3, -0.25) is 10.1 Å². The largest absolute Gasteiger partial charge is 0.483 e. The molecule has 0 bridgehead atoms. The van der Waals surface area contributed by atoms with Crippen molar-refractivity contribution in [1.82, 2.24) is 4.98 Å². The van der Waals surface area contributed by atoms with E-state index in [1.165, 1.54) is 16.9 Å². The Balaban J connectivity index is 1.53. The molecule has 0 saturated heterocycles. The van der Waals surface area contributed by atoms with Crippen LogP contribution < -0.4 is 10.1 Å². The van der Waals surface area contributed by atoms with Gasteiger partial charge in [-0.05, 0) is 24.1 Å². The van der Waals surface area contributed by atoms with E-state index in [1.807, 2.05) is 49.4 Å². The van der Waals surface area contributed by atoms with Gasteiger partial charge in [0.2, 0.25) is 0 Å². The van der Waals surface area contributed by atoms with Gasteiger partial charge in [0.25, 0.3) is 5.91 Å². The van der Waals surface area contributed by atoms with Gasteiger partial charge in [0.1, 0.15) is 5.75 Å². The third-order valence-electron chi connectivity index (χ3n) is 3.47. The molecule has 0 atom stereocenters. The zero-order valence-corrected chi connectivity index (χ0v) is 14.2. The normalized spacial score (nSPS) is 10.4. The van der Waals surface area contributed by atoms with Crippen LogP contribution in [0, 0.1) is 6.92 Å². The molecule has 5 heteroatoms. The van der Waals surface area contributed by atoms with E-state index >= 15 is 0 Å². The third-order valence-corrected chi connectivity index (χ3v) is 4.39. The highest BCUT2D eigenvalue weighted by atomic mass is 32.1. The first kappa shape index (κ1) is 16.2. The van der Waals surface area contributed by atoms with Gasteiger partial charge in [-0.2, -0.15) is 0 Å². The molecule has 24 heavy (non-hydrogen) atoms. The van der Waals surface area contributed by atoms with Crippen LogP contribution >= 0.6 is 11.3 Å². The number of anilines is 1. The average Bonchev–Trinajstić information content (AvgIpc) is 3.02. The number of hydrogen-bond donors (Lipinski definition) is 1. The van der Waals surface area contributed by atoms with Crippen molar-refractivity contribution in [3.8, 4) is 5.75 Å². The zero-order valence-electron chi connectivity index (χ0n) is 13.4. The topological polar surface area (TPSA) is 51.2 Å². The van der Waals surface area contributed by atoms with Crippen LogP contribution in [0.25, 0.3) is 0 Å². The first-order valence-electron chi connectivity index (χ1n) is 7.67. The molecule has 1 amide bonds. The van der Waals surface area contributed by atoms with Crippen LogP contribution in [0.2, 0.25) is 0 Å². The van der Waals surface area contributed by atoms with Crippen molar-refractivity contribution in [3.05, 3.63) is 76.8 Å². The van der Waals surface area contributed by atoms with Crippen molar-refractivity contribution < 1.29 is 9.53 Å². The van der Waals surface area contributed by atoms with Crippen LogP contribution in [0.15, 0.2) is 60.8 Å². The van der Waals surface area contributed by atoms with Crippen molar-refractivity contribution >= 4 is 22.4 Å². The average molecular weight is 338 g/mol. The second kappa shape index (κ2) is 7.75.